The van der Waals surface area contributed by atoms with Gasteiger partial charge in [-0.1, -0.05) is 6.92 Å². The van der Waals surface area contributed by atoms with Crippen LogP contribution in [0.4, 0.5) is 0 Å². The molecule has 0 saturated heterocycles. The van der Waals surface area contributed by atoms with Gasteiger partial charge < -0.3 is 16.5 Å². The molecule has 0 radical (unpaired) electrons. The Kier molecular flexibility index (Phi) is 13.3. The molecule has 0 saturated carbocycles. The highest BCUT2D eigenvalue weighted by atomic mass is 16.0. The number of hydrogen-bond acceptors (Lipinski definition) is 2. The molecule has 0 aliphatic carbocycles. The van der Waals surface area contributed by atoms with Crippen LogP contribution in [0.2, 0.25) is 0 Å². The van der Waals surface area contributed by atoms with E-state index in [1.54, 1.807) is 0 Å². The molecule has 0 spiro atoms. The van der Waals surface area contributed by atoms with Crippen molar-refractivity contribution in [2.24, 2.45) is 5.73 Å². The summed E-state index contributed by atoms with van der Waals surface area (Å²) in [6, 6.07) is 0. The van der Waals surface area contributed by atoms with Gasteiger partial charge in [-0.05, 0) is 6.54 Å². The van der Waals surface area contributed by atoms with Gasteiger partial charge in [-0.15, -0.1) is 0 Å². The number of likely N-dealkylation sites (N-methyl/N-ethyl adjacent to an activating group) is 1. The summed E-state index contributed by atoms with van der Waals surface area (Å²) in [4.78, 5) is 0. The van der Waals surface area contributed by atoms with Crippen LogP contribution in [0.25, 0.3) is 0 Å². The summed E-state index contributed by atoms with van der Waals surface area (Å²) >= 11 is 0. The van der Waals surface area contributed by atoms with E-state index in [9.17, 15) is 0 Å². The second kappa shape index (κ2) is 9.30. The lowest BCUT2D eigenvalue weighted by Crippen LogP contribution is -2.21. The van der Waals surface area contributed by atoms with E-state index in [2.05, 4.69) is 12.2 Å². The summed E-state index contributed by atoms with van der Waals surface area (Å²) in [6.07, 6.45) is 0. The van der Waals surface area contributed by atoms with E-state index in [-0.39, 0.29) is 5.48 Å². The summed E-state index contributed by atoms with van der Waals surface area (Å²) < 4.78 is 0. The fraction of sp³-hybridized carbons (Fsp3) is 1.00. The van der Waals surface area contributed by atoms with Gasteiger partial charge in [0.2, 0.25) is 0 Å². The highest BCUT2D eigenvalue weighted by molar-refractivity contribution is 4.39. The zero-order valence-electron chi connectivity index (χ0n) is 4.70. The quantitative estimate of drug-likeness (QED) is 0.440. The van der Waals surface area contributed by atoms with Crippen LogP contribution < -0.4 is 11.1 Å². The first-order valence-corrected chi connectivity index (χ1v) is 2.32. The molecule has 0 aliphatic heterocycles. The number of nitrogens with one attached hydrogen (secondary N) is 1. The predicted molar refractivity (Wildman–Crippen MR) is 31.2 cm³/mol. The third kappa shape index (κ3) is 10.7. The molecule has 5 N–H and O–H groups in total. The van der Waals surface area contributed by atoms with Gasteiger partial charge >= 0.3 is 0 Å². The fourth-order valence-electron chi connectivity index (χ4n) is 0.279. The Morgan fingerprint density at radius 3 is 2.29 bits per heavy atom. The molecule has 0 fully saturated rings. The van der Waals surface area contributed by atoms with Gasteiger partial charge in [0, 0.05) is 13.1 Å². The lowest BCUT2D eigenvalue weighted by molar-refractivity contribution is 0.725. The largest absolute Gasteiger partial charge is 0.412 e. The number of rotatable bonds is 3. The molecule has 0 atom stereocenters. The van der Waals surface area contributed by atoms with Gasteiger partial charge in [0.25, 0.3) is 0 Å². The first kappa shape index (κ1) is 9.99. The summed E-state index contributed by atoms with van der Waals surface area (Å²) in [5.41, 5.74) is 5.15. The second-order valence-corrected chi connectivity index (χ2v) is 1.14. The van der Waals surface area contributed by atoms with Gasteiger partial charge in [-0.3, -0.25) is 0 Å². The highest BCUT2D eigenvalue weighted by Gasteiger charge is 1.71. The molecule has 3 heteroatoms. The Morgan fingerprint density at radius 2 is 2.14 bits per heavy atom. The van der Waals surface area contributed by atoms with Crippen LogP contribution in [0.1, 0.15) is 6.92 Å². The van der Waals surface area contributed by atoms with Crippen molar-refractivity contribution < 1.29 is 5.48 Å². The Hall–Kier alpha value is -0.120. The zero-order valence-corrected chi connectivity index (χ0v) is 4.70. The lowest BCUT2D eigenvalue weighted by atomic mass is 10.6. The maximum atomic E-state index is 5.15. The lowest BCUT2D eigenvalue weighted by Gasteiger charge is -1.92. The van der Waals surface area contributed by atoms with Crippen LogP contribution >= 0.6 is 0 Å². The van der Waals surface area contributed by atoms with Crippen molar-refractivity contribution in [1.29, 1.82) is 0 Å². The van der Waals surface area contributed by atoms with Crippen molar-refractivity contribution >= 4 is 0 Å². The van der Waals surface area contributed by atoms with E-state index in [0.717, 1.165) is 19.6 Å². The van der Waals surface area contributed by atoms with Crippen LogP contribution in [0.15, 0.2) is 0 Å². The van der Waals surface area contributed by atoms with Crippen molar-refractivity contribution in [3.05, 3.63) is 0 Å². The highest BCUT2D eigenvalue weighted by Crippen LogP contribution is 1.48. The average molecular weight is 106 g/mol. The summed E-state index contributed by atoms with van der Waals surface area (Å²) in [6.45, 7) is 4.77. The van der Waals surface area contributed by atoms with Crippen LogP contribution in [0.3, 0.4) is 0 Å². The minimum atomic E-state index is 0. The maximum absolute atomic E-state index is 5.15. The van der Waals surface area contributed by atoms with E-state index in [0.29, 0.717) is 0 Å². The van der Waals surface area contributed by atoms with Crippen LogP contribution in [-0.4, -0.2) is 25.1 Å². The smallest absolute Gasteiger partial charge is 0.00743 e. The summed E-state index contributed by atoms with van der Waals surface area (Å²) in [5, 5.41) is 3.07. The molecule has 0 amide bonds. The zero-order chi connectivity index (χ0) is 4.83. The van der Waals surface area contributed by atoms with Crippen LogP contribution in [-0.2, 0) is 0 Å². The Bertz CT molecular complexity index is 21.7. The Morgan fingerprint density at radius 1 is 1.57 bits per heavy atom. The molecule has 46 valence electrons. The molecule has 0 rings (SSSR count). The fourth-order valence-corrected chi connectivity index (χ4v) is 0.279. The minimum absolute atomic E-state index is 0. The SMILES string of the molecule is CCNCCN.O. The van der Waals surface area contributed by atoms with Crippen molar-refractivity contribution in [1.82, 2.24) is 5.32 Å². The van der Waals surface area contributed by atoms with E-state index < -0.39 is 0 Å². The third-order valence-electron chi connectivity index (χ3n) is 0.571. The summed E-state index contributed by atoms with van der Waals surface area (Å²) in [7, 11) is 0. The van der Waals surface area contributed by atoms with Gasteiger partial charge in [0.1, 0.15) is 0 Å². The Balaban J connectivity index is 0. The molecule has 0 unspecified atom stereocenters. The van der Waals surface area contributed by atoms with Gasteiger partial charge in [0.05, 0.1) is 0 Å². The van der Waals surface area contributed by atoms with Crippen LogP contribution in [0.5, 0.6) is 0 Å². The molecule has 0 bridgehead atoms. The molecule has 3 nitrogen and oxygen atoms in total. The van der Waals surface area contributed by atoms with E-state index in [1.165, 1.54) is 0 Å². The molecule has 0 aliphatic rings. The average Bonchev–Trinajstić information content (AvgIpc) is 1.61. The standard InChI is InChI=1S/C4H12N2.H2O/c1-2-6-4-3-5;/h6H,2-5H2,1H3;1H2. The van der Waals surface area contributed by atoms with E-state index in [1.807, 2.05) is 0 Å². The monoisotopic (exact) mass is 106 g/mol. The van der Waals surface area contributed by atoms with E-state index in [4.69, 9.17) is 5.73 Å². The Labute approximate surface area is 44.2 Å². The van der Waals surface area contributed by atoms with Gasteiger partial charge in [-0.25, -0.2) is 0 Å². The molecular formula is C4H14N2O. The first-order valence-electron chi connectivity index (χ1n) is 2.32. The molecule has 0 aromatic carbocycles. The molecular weight excluding hydrogens is 92.1 g/mol. The van der Waals surface area contributed by atoms with Gasteiger partial charge in [-0.2, -0.15) is 0 Å². The van der Waals surface area contributed by atoms with Crippen molar-refractivity contribution in [2.45, 2.75) is 6.92 Å². The summed E-state index contributed by atoms with van der Waals surface area (Å²) in [5.74, 6) is 0. The van der Waals surface area contributed by atoms with Crippen molar-refractivity contribution in [2.75, 3.05) is 19.6 Å². The molecule has 7 heavy (non-hydrogen) atoms. The second-order valence-electron chi connectivity index (χ2n) is 1.14. The number of nitrogens with two attached hydrogens (primary N) is 1. The molecule has 0 aromatic rings. The number of hydrogen-bond donors (Lipinski definition) is 2. The van der Waals surface area contributed by atoms with Gasteiger partial charge in [0.15, 0.2) is 0 Å². The van der Waals surface area contributed by atoms with Crippen molar-refractivity contribution in [3.8, 4) is 0 Å². The molecule has 0 heterocycles. The minimum Gasteiger partial charge on any atom is -0.412 e. The van der Waals surface area contributed by atoms with E-state index >= 15 is 0 Å². The topological polar surface area (TPSA) is 69.5 Å². The third-order valence-corrected chi connectivity index (χ3v) is 0.571. The van der Waals surface area contributed by atoms with Crippen molar-refractivity contribution in [3.63, 3.8) is 0 Å². The van der Waals surface area contributed by atoms with Crippen LogP contribution in [0, 0.1) is 0 Å². The predicted octanol–water partition coefficient (Wildman–Crippen LogP) is -1.27. The molecule has 0 aromatic heterocycles. The maximum Gasteiger partial charge on any atom is 0.00743 e. The normalized spacial score (nSPS) is 7.71. The first-order chi connectivity index (χ1) is 2.91.